The van der Waals surface area contributed by atoms with Crippen molar-refractivity contribution < 1.29 is 59.5 Å². The Morgan fingerprint density at radius 1 is 1.07 bits per heavy atom. The lowest BCUT2D eigenvalue weighted by Crippen LogP contribution is -2.31. The van der Waals surface area contributed by atoms with E-state index in [2.05, 4.69) is 25.0 Å². The molecule has 0 spiro atoms. The zero-order valence-electron chi connectivity index (χ0n) is 24.5. The van der Waals surface area contributed by atoms with Gasteiger partial charge in [0.1, 0.15) is 12.4 Å². The fraction of sp³-hybridized carbons (Fsp3) is 0.462. The summed E-state index contributed by atoms with van der Waals surface area (Å²) in [7, 11) is -8.05. The highest BCUT2D eigenvalue weighted by molar-refractivity contribution is 7.92. The number of sulfone groups is 1. The predicted molar refractivity (Wildman–Crippen MR) is 155 cm³/mol. The number of nitrogens with one attached hydrogen (secondary N) is 1. The largest absolute Gasteiger partial charge is 0.501 e. The molecule has 0 aliphatic rings. The number of nitrogens with zero attached hydrogens (tertiary/aromatic N) is 1. The van der Waals surface area contributed by atoms with Crippen LogP contribution in [0.4, 0.5) is 32.4 Å². The van der Waals surface area contributed by atoms with Gasteiger partial charge < -0.3 is 29.7 Å². The minimum atomic E-state index is -5.83. The van der Waals surface area contributed by atoms with Crippen LogP contribution in [-0.2, 0) is 32.3 Å². The first-order valence-corrected chi connectivity index (χ1v) is 18.4. The SMILES string of the molecule is CN(Cc1cc(NC(=O)CCc2cc(B(O)O)ccc2OCC(F)F)ccc1S(=O)(=O)C(F)(F)F)C(=O)OCC[Si](C)(C)C. The number of aryl methyl sites for hydroxylation is 1. The molecule has 0 heterocycles. The van der Waals surface area contributed by atoms with Crippen LogP contribution in [0.3, 0.4) is 0 Å². The third-order valence-electron chi connectivity index (χ3n) is 6.10. The monoisotopic (exact) mass is 668 g/mol. The highest BCUT2D eigenvalue weighted by Crippen LogP contribution is 2.34. The third kappa shape index (κ3) is 11.0. The number of carbonyl (C=O) groups excluding carboxylic acids is 2. The first kappa shape index (κ1) is 37.0. The minimum absolute atomic E-state index is 0.0130. The Balaban J connectivity index is 2.27. The van der Waals surface area contributed by atoms with Crippen LogP contribution >= 0.6 is 0 Å². The van der Waals surface area contributed by atoms with Crippen LogP contribution in [0.1, 0.15) is 17.5 Å². The minimum Gasteiger partial charge on any atom is -0.487 e. The van der Waals surface area contributed by atoms with E-state index in [1.807, 2.05) is 0 Å². The number of hydrogen-bond acceptors (Lipinski definition) is 8. The maximum absolute atomic E-state index is 13.4. The van der Waals surface area contributed by atoms with Crippen molar-refractivity contribution in [2.24, 2.45) is 0 Å². The van der Waals surface area contributed by atoms with Crippen molar-refractivity contribution in [3.63, 3.8) is 0 Å². The Bertz CT molecular complexity index is 1420. The standard InChI is InChI=1S/C26H34BF5N2O8SSi/c1-34(25(36)41-11-12-44(2,3)4)15-18-14-20(7-9-22(18)43(39,40)26(30,31)32)33-24(35)10-5-17-13-19(27(37)38)6-8-21(17)42-16-23(28)29/h6-9,13-14,23,37-38H,5,10-12,15-16H2,1-4H3,(H,33,35). The van der Waals surface area contributed by atoms with Gasteiger partial charge in [-0.05, 0) is 53.3 Å². The van der Waals surface area contributed by atoms with E-state index < -0.39 is 72.6 Å². The second kappa shape index (κ2) is 15.2. The molecule has 2 aromatic carbocycles. The van der Waals surface area contributed by atoms with Crippen molar-refractivity contribution in [3.05, 3.63) is 47.5 Å². The predicted octanol–water partition coefficient (Wildman–Crippen LogP) is 3.78. The molecule has 2 amide bonds. The summed E-state index contributed by atoms with van der Waals surface area (Å²) in [4.78, 5) is 25.0. The summed E-state index contributed by atoms with van der Waals surface area (Å²) in [6.07, 6.45) is -4.10. The molecule has 0 unspecified atom stereocenters. The van der Waals surface area contributed by atoms with E-state index in [4.69, 9.17) is 9.47 Å². The number of carbonyl (C=O) groups is 2. The molecule has 244 valence electrons. The summed E-state index contributed by atoms with van der Waals surface area (Å²) in [5.41, 5.74) is -5.94. The lowest BCUT2D eigenvalue weighted by atomic mass is 9.79. The highest BCUT2D eigenvalue weighted by Gasteiger charge is 2.48. The van der Waals surface area contributed by atoms with Crippen molar-refractivity contribution in [3.8, 4) is 5.75 Å². The summed E-state index contributed by atoms with van der Waals surface area (Å²) in [5.74, 6) is -0.720. The van der Waals surface area contributed by atoms with E-state index in [9.17, 15) is 50.0 Å². The first-order valence-electron chi connectivity index (χ1n) is 13.2. The number of halogens is 5. The molecule has 44 heavy (non-hydrogen) atoms. The molecule has 0 aliphatic carbocycles. The molecule has 3 N–H and O–H groups in total. The molecule has 2 rings (SSSR count). The van der Waals surface area contributed by atoms with Crippen molar-refractivity contribution >= 4 is 48.2 Å². The van der Waals surface area contributed by atoms with Crippen molar-refractivity contribution in [1.82, 2.24) is 4.90 Å². The molecular formula is C26H34BF5N2O8SSi. The summed E-state index contributed by atoms with van der Waals surface area (Å²) >= 11 is 0. The highest BCUT2D eigenvalue weighted by atomic mass is 32.2. The number of anilines is 1. The Hall–Kier alpha value is -3.22. The molecular weight excluding hydrogens is 634 g/mol. The summed E-state index contributed by atoms with van der Waals surface area (Å²) < 4.78 is 100. The van der Waals surface area contributed by atoms with Crippen molar-refractivity contribution in [2.75, 3.05) is 25.6 Å². The van der Waals surface area contributed by atoms with E-state index in [-0.39, 0.29) is 41.9 Å². The van der Waals surface area contributed by atoms with Crippen molar-refractivity contribution in [1.29, 1.82) is 0 Å². The second-order valence-corrected chi connectivity index (χ2v) is 18.6. The molecule has 2 aromatic rings. The molecule has 10 nitrogen and oxygen atoms in total. The third-order valence-corrected chi connectivity index (χ3v) is 9.40. The zero-order valence-corrected chi connectivity index (χ0v) is 26.3. The van der Waals surface area contributed by atoms with Crippen LogP contribution in [-0.4, -0.2) is 82.8 Å². The average molecular weight is 669 g/mol. The van der Waals surface area contributed by atoms with Gasteiger partial charge in [-0.2, -0.15) is 13.2 Å². The Morgan fingerprint density at radius 2 is 1.73 bits per heavy atom. The molecule has 0 radical (unpaired) electrons. The number of rotatable bonds is 14. The molecule has 0 bridgehead atoms. The lowest BCUT2D eigenvalue weighted by molar-refractivity contribution is -0.116. The Morgan fingerprint density at radius 3 is 2.30 bits per heavy atom. The fourth-order valence-corrected chi connectivity index (χ4v) is 5.44. The van der Waals surface area contributed by atoms with Crippen LogP contribution in [0, 0.1) is 0 Å². The van der Waals surface area contributed by atoms with Gasteiger partial charge in [0.15, 0.2) is 0 Å². The Labute approximate surface area is 253 Å². The van der Waals surface area contributed by atoms with Gasteiger partial charge in [-0.15, -0.1) is 0 Å². The first-order chi connectivity index (χ1) is 20.2. The quantitative estimate of drug-likeness (QED) is 0.204. The van der Waals surface area contributed by atoms with E-state index in [1.165, 1.54) is 25.2 Å². The van der Waals surface area contributed by atoms with Crippen LogP contribution in [0.2, 0.25) is 25.7 Å². The summed E-state index contributed by atoms with van der Waals surface area (Å²) in [5, 5.41) is 21.3. The van der Waals surface area contributed by atoms with Gasteiger partial charge >= 0.3 is 18.7 Å². The van der Waals surface area contributed by atoms with Gasteiger partial charge in [0, 0.05) is 27.2 Å². The molecule has 18 heteroatoms. The summed E-state index contributed by atoms with van der Waals surface area (Å²) in [6, 6.07) is 6.98. The van der Waals surface area contributed by atoms with Gasteiger partial charge in [-0.1, -0.05) is 31.8 Å². The van der Waals surface area contributed by atoms with E-state index in [1.54, 1.807) is 0 Å². The maximum Gasteiger partial charge on any atom is 0.501 e. The number of benzene rings is 2. The second-order valence-electron chi connectivity index (χ2n) is 11.0. The van der Waals surface area contributed by atoms with E-state index >= 15 is 0 Å². The molecule has 0 fully saturated rings. The number of ether oxygens (including phenoxy) is 2. The van der Waals surface area contributed by atoms with Crippen LogP contribution in [0.15, 0.2) is 41.3 Å². The maximum atomic E-state index is 13.4. The lowest BCUT2D eigenvalue weighted by Gasteiger charge is -2.21. The molecule has 0 atom stereocenters. The number of amides is 2. The Kier molecular flexibility index (Phi) is 12.8. The van der Waals surface area contributed by atoms with Crippen LogP contribution in [0.5, 0.6) is 5.75 Å². The van der Waals surface area contributed by atoms with E-state index in [0.717, 1.165) is 17.0 Å². The van der Waals surface area contributed by atoms with Crippen LogP contribution < -0.4 is 15.5 Å². The molecule has 0 saturated carbocycles. The van der Waals surface area contributed by atoms with Gasteiger partial charge in [-0.25, -0.2) is 22.0 Å². The molecule has 0 aliphatic heterocycles. The smallest absolute Gasteiger partial charge is 0.487 e. The van der Waals surface area contributed by atoms with Gasteiger partial charge in [0.2, 0.25) is 5.91 Å². The number of hydrogen-bond donors (Lipinski definition) is 3. The van der Waals surface area contributed by atoms with Crippen molar-refractivity contribution in [2.45, 2.75) is 61.9 Å². The van der Waals surface area contributed by atoms with Gasteiger partial charge in [-0.3, -0.25) is 4.79 Å². The van der Waals surface area contributed by atoms with Crippen LogP contribution in [0.25, 0.3) is 0 Å². The number of alkyl halides is 5. The van der Waals surface area contributed by atoms with Gasteiger partial charge in [0.05, 0.1) is 18.0 Å². The molecule has 0 aromatic heterocycles. The fourth-order valence-electron chi connectivity index (χ4n) is 3.76. The summed E-state index contributed by atoms with van der Waals surface area (Å²) in [6.45, 7) is 4.69. The normalized spacial score (nSPS) is 12.2. The topological polar surface area (TPSA) is 142 Å². The zero-order chi connectivity index (χ0) is 33.5. The molecule has 0 saturated heterocycles. The van der Waals surface area contributed by atoms with Gasteiger partial charge in [0.25, 0.3) is 16.3 Å². The van der Waals surface area contributed by atoms with E-state index in [0.29, 0.717) is 12.1 Å². The average Bonchev–Trinajstić information content (AvgIpc) is 2.89.